The summed E-state index contributed by atoms with van der Waals surface area (Å²) in [5.41, 5.74) is 0.607. The van der Waals surface area contributed by atoms with Crippen LogP contribution >= 0.6 is 0 Å². The van der Waals surface area contributed by atoms with Gasteiger partial charge in [0.15, 0.2) is 0 Å². The molecule has 24 heavy (non-hydrogen) atoms. The van der Waals surface area contributed by atoms with Gasteiger partial charge in [-0.15, -0.1) is 0 Å². The lowest BCUT2D eigenvalue weighted by Gasteiger charge is -2.18. The summed E-state index contributed by atoms with van der Waals surface area (Å²) in [6.45, 7) is 1.80. The van der Waals surface area contributed by atoms with Crippen LogP contribution in [0.4, 0.5) is 0 Å². The minimum atomic E-state index is -1.18. The van der Waals surface area contributed by atoms with E-state index < -0.39 is 18.1 Å². The Kier molecular flexibility index (Phi) is 8.71. The number of carbonyl (C=O) groups excluding carboxylic acids is 2. The second-order valence-electron chi connectivity index (χ2n) is 5.72. The summed E-state index contributed by atoms with van der Waals surface area (Å²) in [4.78, 5) is 34.3. The molecule has 1 aromatic carbocycles. The predicted molar refractivity (Wildman–Crippen MR) is 89.4 cm³/mol. The van der Waals surface area contributed by atoms with Crippen molar-refractivity contribution in [1.82, 2.24) is 5.32 Å². The molecule has 0 bridgehead atoms. The van der Waals surface area contributed by atoms with Crippen molar-refractivity contribution in [1.29, 1.82) is 0 Å². The second kappa shape index (κ2) is 10.5. The van der Waals surface area contributed by atoms with Gasteiger partial charge in [-0.3, -0.25) is 9.59 Å². The van der Waals surface area contributed by atoms with E-state index in [2.05, 4.69) is 5.32 Å². The van der Waals surface area contributed by atoms with Crippen LogP contribution in [-0.4, -0.2) is 33.9 Å². The summed E-state index contributed by atoms with van der Waals surface area (Å²) >= 11 is 0. The Labute approximate surface area is 141 Å². The van der Waals surface area contributed by atoms with E-state index in [0.29, 0.717) is 31.2 Å². The van der Waals surface area contributed by atoms with Gasteiger partial charge in [0, 0.05) is 25.7 Å². The zero-order valence-corrected chi connectivity index (χ0v) is 13.9. The number of aliphatic hydroxyl groups excluding tert-OH is 1. The van der Waals surface area contributed by atoms with E-state index in [1.54, 1.807) is 37.3 Å². The molecule has 6 nitrogen and oxygen atoms in total. The Bertz CT molecular complexity index is 544. The number of ketones is 1. The predicted octanol–water partition coefficient (Wildman–Crippen LogP) is 2.22. The van der Waals surface area contributed by atoms with Crippen molar-refractivity contribution in [3.63, 3.8) is 0 Å². The van der Waals surface area contributed by atoms with Gasteiger partial charge in [-0.05, 0) is 18.4 Å². The Morgan fingerprint density at radius 2 is 1.71 bits per heavy atom. The van der Waals surface area contributed by atoms with E-state index in [1.165, 1.54) is 0 Å². The summed E-state index contributed by atoms with van der Waals surface area (Å²) in [5, 5.41) is 21.8. The quantitative estimate of drug-likeness (QED) is 0.538. The number of aliphatic carboxylic acids is 1. The summed E-state index contributed by atoms with van der Waals surface area (Å²) < 4.78 is 0. The average Bonchev–Trinajstić information content (AvgIpc) is 2.58. The molecule has 2 atom stereocenters. The Balaban J connectivity index is 2.43. The third-order valence-corrected chi connectivity index (χ3v) is 3.78. The highest BCUT2D eigenvalue weighted by Gasteiger charge is 2.23. The molecule has 0 unspecified atom stereocenters. The van der Waals surface area contributed by atoms with Crippen molar-refractivity contribution in [2.75, 3.05) is 0 Å². The van der Waals surface area contributed by atoms with Crippen molar-refractivity contribution >= 4 is 17.7 Å². The number of nitrogens with one attached hydrogen (secondary N) is 1. The van der Waals surface area contributed by atoms with Gasteiger partial charge in [-0.1, -0.05) is 37.3 Å². The molecule has 0 heterocycles. The van der Waals surface area contributed by atoms with E-state index in [1.807, 2.05) is 0 Å². The molecule has 0 saturated carbocycles. The molecule has 132 valence electrons. The minimum absolute atomic E-state index is 0.0978. The largest absolute Gasteiger partial charge is 0.480 e. The van der Waals surface area contributed by atoms with Crippen LogP contribution in [0.1, 0.15) is 57.1 Å². The number of carboxylic acid groups (broad SMARTS) is 1. The monoisotopic (exact) mass is 335 g/mol. The topological polar surface area (TPSA) is 104 Å². The zero-order chi connectivity index (χ0) is 17.9. The van der Waals surface area contributed by atoms with Gasteiger partial charge in [-0.25, -0.2) is 4.79 Å². The van der Waals surface area contributed by atoms with Crippen molar-refractivity contribution in [2.45, 2.75) is 57.6 Å². The first kappa shape index (κ1) is 19.8. The smallest absolute Gasteiger partial charge is 0.326 e. The molecule has 1 amide bonds. The third-order valence-electron chi connectivity index (χ3n) is 3.78. The fraction of sp³-hybridized carbons (Fsp3) is 0.500. The van der Waals surface area contributed by atoms with E-state index in [0.717, 1.165) is 0 Å². The maximum absolute atomic E-state index is 11.8. The van der Waals surface area contributed by atoms with Crippen LogP contribution in [0.25, 0.3) is 0 Å². The average molecular weight is 335 g/mol. The number of unbranched alkanes of at least 4 members (excludes halogenated alkanes) is 1. The van der Waals surface area contributed by atoms with Gasteiger partial charge in [0.1, 0.15) is 11.8 Å². The van der Waals surface area contributed by atoms with E-state index in [-0.39, 0.29) is 24.5 Å². The van der Waals surface area contributed by atoms with Crippen molar-refractivity contribution in [2.24, 2.45) is 0 Å². The zero-order valence-electron chi connectivity index (χ0n) is 13.9. The van der Waals surface area contributed by atoms with E-state index in [9.17, 15) is 24.6 Å². The molecular formula is C18H25NO5. The first-order chi connectivity index (χ1) is 11.4. The lowest BCUT2D eigenvalue weighted by molar-refractivity contribution is -0.142. The molecule has 0 fully saturated rings. The molecule has 0 saturated heterocycles. The van der Waals surface area contributed by atoms with Gasteiger partial charge in [0.2, 0.25) is 5.91 Å². The van der Waals surface area contributed by atoms with Crippen molar-refractivity contribution in [3.05, 3.63) is 35.9 Å². The SMILES string of the molecule is CCC(=O)CCCCC(=O)N[C@@H](C[C@@H](O)c1ccccc1)C(=O)O. The maximum Gasteiger partial charge on any atom is 0.326 e. The molecule has 0 aliphatic rings. The number of amides is 1. The fourth-order valence-electron chi connectivity index (χ4n) is 2.31. The first-order valence-corrected chi connectivity index (χ1v) is 8.21. The highest BCUT2D eigenvalue weighted by atomic mass is 16.4. The summed E-state index contributed by atoms with van der Waals surface area (Å²) in [7, 11) is 0. The maximum atomic E-state index is 11.8. The molecule has 0 aromatic heterocycles. The lowest BCUT2D eigenvalue weighted by atomic mass is 10.0. The first-order valence-electron chi connectivity index (χ1n) is 8.21. The standard InChI is InChI=1S/C18H25NO5/c1-2-14(20)10-6-7-11-17(22)19-15(18(23)24)12-16(21)13-8-4-3-5-9-13/h3-5,8-9,15-16,21H,2,6-7,10-12H2,1H3,(H,19,22)(H,23,24)/t15-,16+/m0/s1. The van der Waals surface area contributed by atoms with Crippen LogP contribution in [0.3, 0.4) is 0 Å². The Hall–Kier alpha value is -2.21. The van der Waals surface area contributed by atoms with Crippen LogP contribution in [0.5, 0.6) is 0 Å². The van der Waals surface area contributed by atoms with E-state index >= 15 is 0 Å². The molecule has 0 spiro atoms. The van der Waals surface area contributed by atoms with Crippen LogP contribution in [0, 0.1) is 0 Å². The Morgan fingerprint density at radius 3 is 2.29 bits per heavy atom. The number of benzene rings is 1. The van der Waals surface area contributed by atoms with Gasteiger partial charge in [-0.2, -0.15) is 0 Å². The number of carboxylic acids is 1. The van der Waals surface area contributed by atoms with Crippen molar-refractivity contribution < 1.29 is 24.6 Å². The third kappa shape index (κ3) is 7.37. The fourth-order valence-corrected chi connectivity index (χ4v) is 2.31. The van der Waals surface area contributed by atoms with E-state index in [4.69, 9.17) is 0 Å². The highest BCUT2D eigenvalue weighted by molar-refractivity contribution is 5.83. The molecular weight excluding hydrogens is 310 g/mol. The number of aliphatic hydroxyl groups is 1. The van der Waals surface area contributed by atoms with Crippen LogP contribution < -0.4 is 5.32 Å². The lowest BCUT2D eigenvalue weighted by Crippen LogP contribution is -2.41. The number of hydrogen-bond acceptors (Lipinski definition) is 4. The molecule has 0 aliphatic heterocycles. The summed E-state index contributed by atoms with van der Waals surface area (Å²) in [6, 6.07) is 7.57. The molecule has 1 aromatic rings. The summed E-state index contributed by atoms with van der Waals surface area (Å²) in [6.07, 6.45) is 1.19. The molecule has 0 aliphatic carbocycles. The van der Waals surface area contributed by atoms with Gasteiger partial charge < -0.3 is 15.5 Å². The molecule has 6 heteroatoms. The number of rotatable bonds is 11. The number of Topliss-reactive ketones (excluding diaryl/α,β-unsaturated/α-hetero) is 1. The van der Waals surface area contributed by atoms with Crippen LogP contribution in [0.15, 0.2) is 30.3 Å². The summed E-state index contributed by atoms with van der Waals surface area (Å²) in [5.74, 6) is -1.41. The number of hydrogen-bond donors (Lipinski definition) is 3. The molecule has 0 radical (unpaired) electrons. The second-order valence-corrected chi connectivity index (χ2v) is 5.72. The van der Waals surface area contributed by atoms with Crippen molar-refractivity contribution in [3.8, 4) is 0 Å². The molecule has 1 rings (SSSR count). The Morgan fingerprint density at radius 1 is 1.08 bits per heavy atom. The highest BCUT2D eigenvalue weighted by Crippen LogP contribution is 2.18. The van der Waals surface area contributed by atoms with Gasteiger partial charge in [0.25, 0.3) is 0 Å². The molecule has 3 N–H and O–H groups in total. The van der Waals surface area contributed by atoms with Crippen LogP contribution in [0.2, 0.25) is 0 Å². The minimum Gasteiger partial charge on any atom is -0.480 e. The van der Waals surface area contributed by atoms with Crippen LogP contribution in [-0.2, 0) is 14.4 Å². The van der Waals surface area contributed by atoms with Gasteiger partial charge in [0.05, 0.1) is 6.10 Å². The van der Waals surface area contributed by atoms with Gasteiger partial charge >= 0.3 is 5.97 Å². The number of carbonyl (C=O) groups is 3. The normalized spacial score (nSPS) is 13.1.